The molecular formula is C25H28N6O3. The zero-order valence-corrected chi connectivity index (χ0v) is 19.5. The van der Waals surface area contributed by atoms with Crippen LogP contribution in [0.4, 0.5) is 5.82 Å². The fraction of sp³-hybridized carbons (Fsp3) is 0.440. The highest BCUT2D eigenvalue weighted by molar-refractivity contribution is 5.96. The molecule has 9 nitrogen and oxygen atoms in total. The number of fused-ring (bicyclic) bond motifs is 1. The lowest BCUT2D eigenvalue weighted by atomic mass is 10.1. The highest BCUT2D eigenvalue weighted by atomic mass is 16.5. The first-order valence-electron chi connectivity index (χ1n) is 11.7. The van der Waals surface area contributed by atoms with Crippen LogP contribution in [0.2, 0.25) is 0 Å². The molecule has 34 heavy (non-hydrogen) atoms. The van der Waals surface area contributed by atoms with Gasteiger partial charge in [0.2, 0.25) is 0 Å². The van der Waals surface area contributed by atoms with E-state index in [4.69, 9.17) is 4.74 Å². The molecular weight excluding hydrogens is 432 g/mol. The average molecular weight is 461 g/mol. The Morgan fingerprint density at radius 3 is 2.76 bits per heavy atom. The van der Waals surface area contributed by atoms with Crippen molar-refractivity contribution in [2.75, 3.05) is 38.2 Å². The van der Waals surface area contributed by atoms with Gasteiger partial charge in [0.05, 0.1) is 20.0 Å². The second-order valence-corrected chi connectivity index (χ2v) is 9.16. The molecule has 176 valence electrons. The van der Waals surface area contributed by atoms with E-state index >= 15 is 0 Å². The van der Waals surface area contributed by atoms with Gasteiger partial charge < -0.3 is 19.5 Å². The van der Waals surface area contributed by atoms with Crippen LogP contribution in [0.15, 0.2) is 35.4 Å². The Morgan fingerprint density at radius 1 is 1.32 bits per heavy atom. The summed E-state index contributed by atoms with van der Waals surface area (Å²) in [4.78, 5) is 33.3. The van der Waals surface area contributed by atoms with Gasteiger partial charge in [-0.1, -0.05) is 19.1 Å². The fourth-order valence-corrected chi connectivity index (χ4v) is 4.78. The van der Waals surface area contributed by atoms with Crippen LogP contribution in [0.1, 0.15) is 29.3 Å². The van der Waals surface area contributed by atoms with E-state index in [9.17, 15) is 14.9 Å². The molecule has 1 saturated carbocycles. The van der Waals surface area contributed by atoms with Gasteiger partial charge in [0, 0.05) is 38.3 Å². The van der Waals surface area contributed by atoms with Crippen LogP contribution in [-0.4, -0.2) is 53.2 Å². The largest absolute Gasteiger partial charge is 0.497 e. The zero-order chi connectivity index (χ0) is 23.8. The average Bonchev–Trinajstić information content (AvgIpc) is 3.46. The van der Waals surface area contributed by atoms with Crippen LogP contribution in [0.25, 0.3) is 11.0 Å². The fourth-order valence-electron chi connectivity index (χ4n) is 4.78. The van der Waals surface area contributed by atoms with Crippen molar-refractivity contribution in [1.29, 1.82) is 5.26 Å². The number of ether oxygens (including phenoxy) is 1. The number of methoxy groups -OCH3 is 1. The predicted molar refractivity (Wildman–Crippen MR) is 128 cm³/mol. The van der Waals surface area contributed by atoms with Gasteiger partial charge in [-0.3, -0.25) is 14.2 Å². The molecule has 1 aliphatic heterocycles. The van der Waals surface area contributed by atoms with Gasteiger partial charge >= 0.3 is 0 Å². The molecule has 1 aliphatic carbocycles. The second kappa shape index (κ2) is 8.95. The number of carbonyl (C=O) groups excluding carboxylic acids is 1. The molecule has 2 aliphatic rings. The van der Waals surface area contributed by atoms with Crippen molar-refractivity contribution in [3.8, 4) is 11.8 Å². The molecule has 3 heterocycles. The number of ketones is 1. The molecule has 1 aromatic carbocycles. The van der Waals surface area contributed by atoms with Crippen molar-refractivity contribution in [3.05, 3.63) is 52.1 Å². The number of piperazine rings is 1. The van der Waals surface area contributed by atoms with Crippen molar-refractivity contribution in [2.45, 2.75) is 26.4 Å². The van der Waals surface area contributed by atoms with Crippen molar-refractivity contribution in [3.63, 3.8) is 0 Å². The number of carbonyl (C=O) groups is 1. The third-order valence-corrected chi connectivity index (χ3v) is 6.93. The van der Waals surface area contributed by atoms with Crippen LogP contribution < -0.4 is 20.5 Å². The maximum Gasteiger partial charge on any atom is 0.278 e. The van der Waals surface area contributed by atoms with E-state index in [0.29, 0.717) is 46.3 Å². The standard InChI is InChI=1S/C25H28N6O3/c1-16-10-18(16)13-31-23-22(20(12-26)24(31)29-8-6-27-7-9-29)28-15-30(25(23)33)14-21(32)17-4-3-5-19(11-17)34-2/h3-5,11,15-16,18,27H,6-10,13-14H2,1-2H3/t16-,18?/m0/s1. The summed E-state index contributed by atoms with van der Waals surface area (Å²) < 4.78 is 8.56. The second-order valence-electron chi connectivity index (χ2n) is 9.16. The Kier molecular flexibility index (Phi) is 5.84. The Labute approximate surface area is 197 Å². The summed E-state index contributed by atoms with van der Waals surface area (Å²) in [5, 5.41) is 13.4. The number of nitriles is 1. The molecule has 2 atom stereocenters. The van der Waals surface area contributed by atoms with E-state index < -0.39 is 0 Å². The summed E-state index contributed by atoms with van der Waals surface area (Å²) in [5.74, 6) is 2.21. The molecule has 2 aromatic heterocycles. The third kappa shape index (κ3) is 3.94. The highest BCUT2D eigenvalue weighted by Crippen LogP contribution is 2.41. The molecule has 9 heteroatoms. The van der Waals surface area contributed by atoms with Crippen molar-refractivity contribution in [1.82, 2.24) is 19.4 Å². The predicted octanol–water partition coefficient (Wildman–Crippen LogP) is 2.03. The molecule has 5 rings (SSSR count). The van der Waals surface area contributed by atoms with E-state index in [1.807, 2.05) is 4.57 Å². The van der Waals surface area contributed by atoms with E-state index in [0.717, 1.165) is 38.4 Å². The lowest BCUT2D eigenvalue weighted by molar-refractivity contribution is 0.0970. The topological polar surface area (TPSA) is 105 Å². The summed E-state index contributed by atoms with van der Waals surface area (Å²) in [6.45, 7) is 5.89. The highest BCUT2D eigenvalue weighted by Gasteiger charge is 2.36. The number of benzene rings is 1. The molecule has 0 spiro atoms. The summed E-state index contributed by atoms with van der Waals surface area (Å²) >= 11 is 0. The minimum absolute atomic E-state index is 0.134. The van der Waals surface area contributed by atoms with Gasteiger partial charge in [0.15, 0.2) is 5.78 Å². The monoisotopic (exact) mass is 460 g/mol. The van der Waals surface area contributed by atoms with E-state index in [2.05, 4.69) is 28.2 Å². The van der Waals surface area contributed by atoms with Crippen LogP contribution in [0.3, 0.4) is 0 Å². The lowest BCUT2D eigenvalue weighted by Gasteiger charge is -2.30. The molecule has 0 amide bonds. The first kappa shape index (κ1) is 22.2. The third-order valence-electron chi connectivity index (χ3n) is 6.93. The molecule has 1 saturated heterocycles. The summed E-state index contributed by atoms with van der Waals surface area (Å²) in [6, 6.07) is 9.19. The van der Waals surface area contributed by atoms with Crippen LogP contribution in [-0.2, 0) is 13.1 Å². The summed E-state index contributed by atoms with van der Waals surface area (Å²) in [6.07, 6.45) is 2.49. The molecule has 2 fully saturated rings. The molecule has 0 bridgehead atoms. The van der Waals surface area contributed by atoms with Gasteiger partial charge in [-0.15, -0.1) is 0 Å². The van der Waals surface area contributed by atoms with Crippen molar-refractivity contribution < 1.29 is 9.53 Å². The number of hydrogen-bond acceptors (Lipinski definition) is 7. The zero-order valence-electron chi connectivity index (χ0n) is 19.5. The Hall–Kier alpha value is -3.64. The van der Waals surface area contributed by atoms with Gasteiger partial charge in [0.1, 0.15) is 34.2 Å². The number of aromatic nitrogens is 3. The molecule has 1 N–H and O–H groups in total. The van der Waals surface area contributed by atoms with Gasteiger partial charge in [0.25, 0.3) is 5.56 Å². The minimum Gasteiger partial charge on any atom is -0.497 e. The number of Topliss-reactive ketones (excluding diaryl/α,β-unsaturated/α-hetero) is 1. The molecule has 3 aromatic rings. The number of rotatable bonds is 7. The Morgan fingerprint density at radius 2 is 2.09 bits per heavy atom. The minimum atomic E-state index is -0.299. The van der Waals surface area contributed by atoms with E-state index in [1.54, 1.807) is 31.4 Å². The SMILES string of the molecule is COc1cccc(C(=O)Cn2cnc3c(C#N)c(N4CCNCC4)n(CC4C[C@@H]4C)c3c2=O)c1. The van der Waals surface area contributed by atoms with Crippen LogP contribution in [0, 0.1) is 23.2 Å². The van der Waals surface area contributed by atoms with E-state index in [1.165, 1.54) is 10.9 Å². The smallest absolute Gasteiger partial charge is 0.278 e. The maximum absolute atomic E-state index is 13.7. The molecule has 0 radical (unpaired) electrons. The number of nitrogens with one attached hydrogen (secondary N) is 1. The first-order chi connectivity index (χ1) is 16.5. The Bertz CT molecular complexity index is 1350. The molecule has 1 unspecified atom stereocenters. The summed E-state index contributed by atoms with van der Waals surface area (Å²) in [5.41, 5.74) is 1.43. The summed E-state index contributed by atoms with van der Waals surface area (Å²) in [7, 11) is 1.55. The van der Waals surface area contributed by atoms with E-state index in [-0.39, 0.29) is 17.9 Å². The quantitative estimate of drug-likeness (QED) is 0.538. The lowest BCUT2D eigenvalue weighted by Crippen LogP contribution is -2.44. The van der Waals surface area contributed by atoms with Crippen molar-refractivity contribution in [2.24, 2.45) is 11.8 Å². The normalized spacial score (nSPS) is 19.7. The maximum atomic E-state index is 13.7. The van der Waals surface area contributed by atoms with Gasteiger partial charge in [-0.2, -0.15) is 5.26 Å². The number of nitrogens with zero attached hydrogens (tertiary/aromatic N) is 5. The first-order valence-corrected chi connectivity index (χ1v) is 11.7. The number of anilines is 1. The van der Waals surface area contributed by atoms with Crippen LogP contribution >= 0.6 is 0 Å². The number of hydrogen-bond donors (Lipinski definition) is 1. The van der Waals surface area contributed by atoms with Gasteiger partial charge in [-0.05, 0) is 30.4 Å². The van der Waals surface area contributed by atoms with Crippen LogP contribution in [0.5, 0.6) is 5.75 Å². The Balaban J connectivity index is 1.60. The van der Waals surface area contributed by atoms with Gasteiger partial charge in [-0.25, -0.2) is 4.98 Å². The van der Waals surface area contributed by atoms with Crippen molar-refractivity contribution >= 4 is 22.6 Å².